The van der Waals surface area contributed by atoms with Crippen molar-refractivity contribution in [3.05, 3.63) is 83.4 Å². The smallest absolute Gasteiger partial charge is 0.407 e. The highest BCUT2D eigenvalue weighted by atomic mass is 16.5. The van der Waals surface area contributed by atoms with Gasteiger partial charge in [0.15, 0.2) is 0 Å². The highest BCUT2D eigenvalue weighted by Crippen LogP contribution is 2.07. The topological polar surface area (TPSA) is 89.0 Å². The number of nitrogens with one attached hydrogen (secondary N) is 2. The van der Waals surface area contributed by atoms with E-state index in [-0.39, 0.29) is 6.04 Å². The number of carbonyl (C=O) groups excluding carboxylic acids is 1. The van der Waals surface area contributed by atoms with Crippen LogP contribution in [-0.2, 0) is 17.7 Å². The van der Waals surface area contributed by atoms with Gasteiger partial charge in [0, 0.05) is 42.9 Å². The molecule has 1 aromatic carbocycles. The molecule has 7 heteroatoms. The molecule has 2 N–H and O–H groups in total. The molecular formula is C23H23N5O2. The summed E-state index contributed by atoms with van der Waals surface area (Å²) < 4.78 is 4.61. The number of rotatable bonds is 6. The first-order valence-electron chi connectivity index (χ1n) is 9.52. The molecule has 0 bridgehead atoms. The van der Waals surface area contributed by atoms with Gasteiger partial charge < -0.3 is 15.4 Å². The van der Waals surface area contributed by atoms with E-state index in [1.54, 1.807) is 24.8 Å². The largest absolute Gasteiger partial charge is 0.453 e. The fourth-order valence-corrected chi connectivity index (χ4v) is 2.70. The lowest BCUT2D eigenvalue weighted by Crippen LogP contribution is -2.33. The number of anilines is 1. The molecule has 0 aliphatic heterocycles. The minimum absolute atomic E-state index is 0.0165. The molecule has 0 spiro atoms. The minimum atomic E-state index is -0.425. The fraction of sp³-hybridized carbons (Fsp3) is 0.217. The first kappa shape index (κ1) is 20.8. The number of methoxy groups -OCH3 is 1. The average molecular weight is 401 g/mol. The van der Waals surface area contributed by atoms with E-state index in [1.165, 1.54) is 7.11 Å². The third-order valence-corrected chi connectivity index (χ3v) is 4.25. The first-order chi connectivity index (χ1) is 14.6. The first-order valence-corrected chi connectivity index (χ1v) is 9.52. The molecule has 3 aromatic rings. The highest BCUT2D eigenvalue weighted by Gasteiger charge is 2.07. The lowest BCUT2D eigenvalue weighted by Gasteiger charge is -2.12. The lowest BCUT2D eigenvalue weighted by molar-refractivity contribution is 0.167. The van der Waals surface area contributed by atoms with Crippen LogP contribution in [0, 0.1) is 11.8 Å². The molecule has 7 nitrogen and oxygen atoms in total. The van der Waals surface area contributed by atoms with Crippen LogP contribution in [0.5, 0.6) is 0 Å². The van der Waals surface area contributed by atoms with Crippen LogP contribution in [-0.4, -0.2) is 34.2 Å². The number of pyridine rings is 1. The Morgan fingerprint density at radius 3 is 2.33 bits per heavy atom. The van der Waals surface area contributed by atoms with E-state index in [4.69, 9.17) is 0 Å². The number of alkyl carbamates (subject to hydrolysis) is 1. The third kappa shape index (κ3) is 6.60. The van der Waals surface area contributed by atoms with Crippen molar-refractivity contribution < 1.29 is 9.53 Å². The maximum Gasteiger partial charge on any atom is 0.407 e. The number of benzene rings is 1. The van der Waals surface area contributed by atoms with Crippen LogP contribution in [0.25, 0.3) is 0 Å². The van der Waals surface area contributed by atoms with E-state index in [0.717, 1.165) is 22.3 Å². The molecule has 0 aliphatic carbocycles. The summed E-state index contributed by atoms with van der Waals surface area (Å²) in [7, 11) is 1.35. The van der Waals surface area contributed by atoms with E-state index in [9.17, 15) is 4.79 Å². The molecule has 0 aliphatic rings. The molecule has 2 aromatic heterocycles. The monoisotopic (exact) mass is 401 g/mol. The maximum atomic E-state index is 11.2. The Hall–Kier alpha value is -3.92. The molecule has 2 heterocycles. The van der Waals surface area contributed by atoms with E-state index < -0.39 is 6.09 Å². The van der Waals surface area contributed by atoms with Gasteiger partial charge in [0.2, 0.25) is 5.95 Å². The van der Waals surface area contributed by atoms with Crippen molar-refractivity contribution in [3.63, 3.8) is 0 Å². The van der Waals surface area contributed by atoms with Crippen molar-refractivity contribution in [2.75, 3.05) is 12.4 Å². The summed E-state index contributed by atoms with van der Waals surface area (Å²) in [6.07, 6.45) is 7.19. The number of aromatic nitrogens is 3. The molecule has 152 valence electrons. The van der Waals surface area contributed by atoms with Crippen LogP contribution in [0.15, 0.2) is 61.2 Å². The van der Waals surface area contributed by atoms with Crippen LogP contribution in [0.1, 0.15) is 29.2 Å². The van der Waals surface area contributed by atoms with Gasteiger partial charge in [-0.25, -0.2) is 14.8 Å². The van der Waals surface area contributed by atoms with Gasteiger partial charge in [-0.05, 0) is 48.7 Å². The van der Waals surface area contributed by atoms with Gasteiger partial charge in [-0.2, -0.15) is 0 Å². The van der Waals surface area contributed by atoms with Gasteiger partial charge in [0.05, 0.1) is 12.7 Å². The summed E-state index contributed by atoms with van der Waals surface area (Å²) in [4.78, 5) is 23.8. The van der Waals surface area contributed by atoms with E-state index in [1.807, 2.05) is 43.3 Å². The minimum Gasteiger partial charge on any atom is -0.453 e. The van der Waals surface area contributed by atoms with Gasteiger partial charge in [-0.15, -0.1) is 0 Å². The number of ether oxygens (including phenoxy) is 1. The maximum absolute atomic E-state index is 11.2. The van der Waals surface area contributed by atoms with Crippen molar-refractivity contribution in [2.45, 2.75) is 25.9 Å². The number of nitrogens with zero attached hydrogens (tertiary/aromatic N) is 3. The highest BCUT2D eigenvalue weighted by molar-refractivity contribution is 5.67. The molecule has 3 rings (SSSR count). The van der Waals surface area contributed by atoms with E-state index >= 15 is 0 Å². The van der Waals surface area contributed by atoms with Crippen molar-refractivity contribution >= 4 is 12.0 Å². The molecule has 1 amide bonds. The van der Waals surface area contributed by atoms with Crippen LogP contribution in [0.4, 0.5) is 10.7 Å². The number of hydrogen-bond donors (Lipinski definition) is 2. The van der Waals surface area contributed by atoms with Gasteiger partial charge in [-0.3, -0.25) is 4.98 Å². The zero-order valence-electron chi connectivity index (χ0n) is 16.9. The number of carbonyl (C=O) groups is 1. The van der Waals surface area contributed by atoms with Crippen LogP contribution in [0.3, 0.4) is 0 Å². The Bertz CT molecular complexity index is 1010. The molecule has 0 radical (unpaired) electrons. The Morgan fingerprint density at radius 2 is 1.67 bits per heavy atom. The summed E-state index contributed by atoms with van der Waals surface area (Å²) >= 11 is 0. The molecular weight excluding hydrogens is 378 g/mol. The molecule has 0 saturated heterocycles. The Labute approximate surface area is 175 Å². The summed E-state index contributed by atoms with van der Waals surface area (Å²) in [5.74, 6) is 6.74. The summed E-state index contributed by atoms with van der Waals surface area (Å²) in [5.41, 5.74) is 3.85. The predicted octanol–water partition coefficient (Wildman–Crippen LogP) is 3.17. The second kappa shape index (κ2) is 10.6. The predicted molar refractivity (Wildman–Crippen MR) is 115 cm³/mol. The standard InChI is InChI=1S/C23H23N5O2/c1-17(28-23(29)30-2)13-19-6-3-18(4-7-19)5-8-21-15-26-22(27-16-21)25-14-20-9-11-24-12-10-20/h3-4,6-7,9-12,15-17H,13-14H2,1-2H3,(H,28,29)(H,25,26,27). The van der Waals surface area contributed by atoms with Crippen LogP contribution in [0.2, 0.25) is 0 Å². The van der Waals surface area contributed by atoms with E-state index in [2.05, 4.69) is 42.2 Å². The van der Waals surface area contributed by atoms with Crippen molar-refractivity contribution in [1.82, 2.24) is 20.3 Å². The van der Waals surface area contributed by atoms with Gasteiger partial charge in [-0.1, -0.05) is 24.0 Å². The molecule has 1 atom stereocenters. The Kier molecular flexibility index (Phi) is 7.34. The quantitative estimate of drug-likeness (QED) is 0.617. The zero-order chi connectivity index (χ0) is 21.2. The van der Waals surface area contributed by atoms with Crippen molar-refractivity contribution in [2.24, 2.45) is 0 Å². The Morgan fingerprint density at radius 1 is 1.00 bits per heavy atom. The second-order valence-electron chi connectivity index (χ2n) is 6.69. The SMILES string of the molecule is COC(=O)NC(C)Cc1ccc(C#Cc2cnc(NCc3ccncc3)nc2)cc1. The zero-order valence-corrected chi connectivity index (χ0v) is 16.9. The third-order valence-electron chi connectivity index (χ3n) is 4.25. The molecule has 0 fully saturated rings. The number of hydrogen-bond acceptors (Lipinski definition) is 6. The number of amides is 1. The van der Waals surface area contributed by atoms with Crippen molar-refractivity contribution in [3.8, 4) is 11.8 Å². The van der Waals surface area contributed by atoms with Crippen LogP contribution >= 0.6 is 0 Å². The molecule has 30 heavy (non-hydrogen) atoms. The summed E-state index contributed by atoms with van der Waals surface area (Å²) in [6.45, 7) is 2.56. The van der Waals surface area contributed by atoms with Crippen LogP contribution < -0.4 is 10.6 Å². The van der Waals surface area contributed by atoms with Gasteiger partial charge >= 0.3 is 6.09 Å². The van der Waals surface area contributed by atoms with Gasteiger partial charge in [0.1, 0.15) is 0 Å². The average Bonchev–Trinajstić information content (AvgIpc) is 2.78. The lowest BCUT2D eigenvalue weighted by atomic mass is 10.1. The Balaban J connectivity index is 1.53. The summed E-state index contributed by atoms with van der Waals surface area (Å²) in [5, 5.41) is 5.92. The van der Waals surface area contributed by atoms with E-state index in [0.29, 0.717) is 18.9 Å². The molecule has 1 unspecified atom stereocenters. The fourth-order valence-electron chi connectivity index (χ4n) is 2.70. The summed E-state index contributed by atoms with van der Waals surface area (Å²) in [6, 6.07) is 11.8. The van der Waals surface area contributed by atoms with Gasteiger partial charge in [0.25, 0.3) is 0 Å². The molecule has 0 saturated carbocycles. The second-order valence-corrected chi connectivity index (χ2v) is 6.69. The normalized spacial score (nSPS) is 11.0. The van der Waals surface area contributed by atoms with Crippen molar-refractivity contribution in [1.29, 1.82) is 0 Å².